The van der Waals surface area contributed by atoms with Crippen LogP contribution in [-0.2, 0) is 14.8 Å². The van der Waals surface area contributed by atoms with Crippen molar-refractivity contribution in [3.05, 3.63) is 106 Å². The molecule has 0 amide bonds. The van der Waals surface area contributed by atoms with Crippen LogP contribution in [0.2, 0.25) is 5.02 Å². The molecule has 1 aliphatic rings. The predicted octanol–water partition coefficient (Wildman–Crippen LogP) is 4.50. The Morgan fingerprint density at radius 1 is 0.939 bits per heavy atom. The van der Waals surface area contributed by atoms with E-state index in [0.717, 1.165) is 0 Å². The number of Topliss-reactive ketones (excluding diaryl/α,β-unsaturated/α-hetero) is 1. The van der Waals surface area contributed by atoms with Gasteiger partial charge < -0.3 is 10.1 Å². The van der Waals surface area contributed by atoms with Gasteiger partial charge in [-0.05, 0) is 42.5 Å². The average Bonchev–Trinajstić information content (AvgIpc) is 2.82. The van der Waals surface area contributed by atoms with Crippen molar-refractivity contribution < 1.29 is 22.7 Å². The second kappa shape index (κ2) is 9.01. The summed E-state index contributed by atoms with van der Waals surface area (Å²) in [5, 5.41) is 3.33. The zero-order valence-corrected chi connectivity index (χ0v) is 18.9. The van der Waals surface area contributed by atoms with Gasteiger partial charge in [-0.25, -0.2) is 4.79 Å². The lowest BCUT2D eigenvalue weighted by Crippen LogP contribution is -2.23. The maximum Gasteiger partial charge on any atom is 0.339 e. The van der Waals surface area contributed by atoms with E-state index in [4.69, 9.17) is 16.3 Å². The highest BCUT2D eigenvalue weighted by Gasteiger charge is 2.27. The summed E-state index contributed by atoms with van der Waals surface area (Å²) < 4.78 is 34.6. The molecule has 0 saturated heterocycles. The summed E-state index contributed by atoms with van der Waals surface area (Å²) in [6.07, 6.45) is 1.35. The van der Waals surface area contributed by atoms with Gasteiger partial charge in [-0.3, -0.25) is 4.79 Å². The van der Waals surface area contributed by atoms with Gasteiger partial charge in [0.25, 0.3) is 10.0 Å². The van der Waals surface area contributed by atoms with E-state index in [1.54, 1.807) is 48.5 Å². The number of methoxy groups -OCH3 is 1. The van der Waals surface area contributed by atoms with Crippen molar-refractivity contribution in [2.24, 2.45) is 4.40 Å². The molecule has 4 rings (SSSR count). The molecule has 7 nitrogen and oxygen atoms in total. The van der Waals surface area contributed by atoms with Gasteiger partial charge >= 0.3 is 5.97 Å². The number of nitrogens with zero attached hydrogens (tertiary/aromatic N) is 1. The van der Waals surface area contributed by atoms with Gasteiger partial charge in [-0.2, -0.15) is 12.8 Å². The van der Waals surface area contributed by atoms with Crippen LogP contribution in [0.1, 0.15) is 26.3 Å². The zero-order valence-electron chi connectivity index (χ0n) is 17.3. The molecule has 0 fully saturated rings. The summed E-state index contributed by atoms with van der Waals surface area (Å²) in [5.41, 5.74) is 1.37. The monoisotopic (exact) mass is 480 g/mol. The molecule has 0 unspecified atom stereocenters. The zero-order chi connectivity index (χ0) is 23.6. The average molecular weight is 481 g/mol. The van der Waals surface area contributed by atoms with Crippen LogP contribution in [-0.4, -0.2) is 33.0 Å². The molecule has 0 spiro atoms. The molecule has 3 aromatic rings. The molecular weight excluding hydrogens is 464 g/mol. The molecule has 0 bridgehead atoms. The van der Waals surface area contributed by atoms with E-state index in [1.165, 1.54) is 37.5 Å². The third-order valence-electron chi connectivity index (χ3n) is 4.91. The van der Waals surface area contributed by atoms with E-state index in [2.05, 4.69) is 9.71 Å². The molecule has 166 valence electrons. The molecular formula is C24H17ClN2O5S. The van der Waals surface area contributed by atoms with Crippen molar-refractivity contribution in [3.63, 3.8) is 0 Å². The molecule has 0 atom stereocenters. The Labute approximate surface area is 195 Å². The Hall–Kier alpha value is -3.75. The number of allylic oxidation sites excluding steroid dienone is 2. The van der Waals surface area contributed by atoms with E-state index in [1.807, 2.05) is 0 Å². The number of carbonyl (C=O) groups excluding carboxylic acids is 2. The topological polar surface area (TPSA) is 102 Å². The Kier molecular flexibility index (Phi) is 6.13. The summed E-state index contributed by atoms with van der Waals surface area (Å²) in [4.78, 5) is 25.2. The molecule has 1 N–H and O–H groups in total. The molecule has 3 aromatic carbocycles. The third-order valence-corrected chi connectivity index (χ3v) is 6.46. The second-order valence-corrected chi connectivity index (χ2v) is 9.04. The minimum atomic E-state index is -4.09. The van der Waals surface area contributed by atoms with Crippen molar-refractivity contribution >= 4 is 44.8 Å². The van der Waals surface area contributed by atoms with Crippen molar-refractivity contribution in [2.45, 2.75) is 4.90 Å². The fourth-order valence-corrected chi connectivity index (χ4v) is 4.43. The lowest BCUT2D eigenvalue weighted by Gasteiger charge is -2.19. The van der Waals surface area contributed by atoms with Crippen LogP contribution in [0.25, 0.3) is 0 Å². The van der Waals surface area contributed by atoms with E-state index in [9.17, 15) is 18.0 Å². The number of ketones is 1. The number of carbonyl (C=O) groups is 2. The smallest absolute Gasteiger partial charge is 0.339 e. The highest BCUT2D eigenvalue weighted by molar-refractivity contribution is 7.90. The van der Waals surface area contributed by atoms with Gasteiger partial charge in [0.15, 0.2) is 0 Å². The van der Waals surface area contributed by atoms with Crippen LogP contribution in [0.3, 0.4) is 0 Å². The van der Waals surface area contributed by atoms with E-state index < -0.39 is 16.0 Å². The number of hydrogen-bond acceptors (Lipinski definition) is 6. The number of esters is 1. The first-order valence-electron chi connectivity index (χ1n) is 9.71. The number of benzene rings is 3. The van der Waals surface area contributed by atoms with Gasteiger partial charge in [0.2, 0.25) is 5.78 Å². The Bertz CT molecular complexity index is 1430. The van der Waals surface area contributed by atoms with Crippen molar-refractivity contribution in [3.8, 4) is 0 Å². The second-order valence-electron chi connectivity index (χ2n) is 7.00. The number of para-hydroxylation sites is 1. The van der Waals surface area contributed by atoms with Crippen molar-refractivity contribution in [1.29, 1.82) is 0 Å². The minimum Gasteiger partial charge on any atom is -0.465 e. The highest BCUT2D eigenvalue weighted by atomic mass is 35.5. The number of ether oxygens (including phenoxy) is 1. The lowest BCUT2D eigenvalue weighted by molar-refractivity contribution is 0.0601. The van der Waals surface area contributed by atoms with Crippen LogP contribution in [0.15, 0.2) is 93.9 Å². The van der Waals surface area contributed by atoms with E-state index >= 15 is 0 Å². The summed E-state index contributed by atoms with van der Waals surface area (Å²) in [6, 6.07) is 18.7. The summed E-state index contributed by atoms with van der Waals surface area (Å²) >= 11 is 5.86. The first kappa shape index (κ1) is 22.4. The van der Waals surface area contributed by atoms with Crippen molar-refractivity contribution in [2.75, 3.05) is 12.4 Å². The number of hydrogen-bond donors (Lipinski definition) is 1. The molecule has 0 radical (unpaired) electrons. The van der Waals surface area contributed by atoms with Crippen LogP contribution < -0.4 is 5.32 Å². The molecule has 1 aliphatic carbocycles. The van der Waals surface area contributed by atoms with Crippen LogP contribution >= 0.6 is 11.6 Å². The molecule has 0 saturated carbocycles. The van der Waals surface area contributed by atoms with Crippen LogP contribution in [0, 0.1) is 0 Å². The maximum absolute atomic E-state index is 13.1. The summed E-state index contributed by atoms with van der Waals surface area (Å²) in [7, 11) is -2.83. The van der Waals surface area contributed by atoms with E-state index in [-0.39, 0.29) is 33.2 Å². The Morgan fingerprint density at radius 2 is 1.58 bits per heavy atom. The fraction of sp³-hybridized carbons (Fsp3) is 0.0417. The quantitative estimate of drug-likeness (QED) is 0.539. The van der Waals surface area contributed by atoms with Crippen LogP contribution in [0.5, 0.6) is 0 Å². The number of halogens is 1. The molecule has 9 heteroatoms. The van der Waals surface area contributed by atoms with Gasteiger partial charge in [0.05, 0.1) is 34.7 Å². The number of fused-ring (bicyclic) bond motifs is 1. The number of rotatable bonds is 5. The predicted molar refractivity (Wildman–Crippen MR) is 125 cm³/mol. The third kappa shape index (κ3) is 4.57. The molecule has 0 aliphatic heterocycles. The first-order valence-corrected chi connectivity index (χ1v) is 11.5. The SMILES string of the molecule is COC(=O)c1ccccc1NC1=C/C(=N/S(=O)(=O)c2ccc(Cl)cc2)c2ccccc2C1=O. The standard InChI is InChI=1S/C24H17ClN2O5S/c1-32-24(29)19-8-4-5-9-20(19)26-22-14-21(17-6-2-3-7-18(17)23(22)28)27-33(30,31)16-12-10-15(25)11-13-16/h2-14,26H,1H3/b27-21-. The fourth-order valence-electron chi connectivity index (χ4n) is 3.31. The number of sulfonamides is 1. The molecule has 0 heterocycles. The normalized spacial score (nSPS) is 14.4. The van der Waals surface area contributed by atoms with Crippen molar-refractivity contribution in [1.82, 2.24) is 0 Å². The number of anilines is 1. The number of nitrogens with one attached hydrogen (secondary N) is 1. The highest BCUT2D eigenvalue weighted by Crippen LogP contribution is 2.27. The Morgan fingerprint density at radius 3 is 2.27 bits per heavy atom. The largest absolute Gasteiger partial charge is 0.465 e. The van der Waals surface area contributed by atoms with Gasteiger partial charge in [-0.15, -0.1) is 0 Å². The lowest BCUT2D eigenvalue weighted by atomic mass is 9.92. The molecule has 0 aromatic heterocycles. The minimum absolute atomic E-state index is 0.0345. The molecule has 33 heavy (non-hydrogen) atoms. The first-order chi connectivity index (χ1) is 15.8. The summed E-state index contributed by atoms with van der Waals surface area (Å²) in [6.45, 7) is 0. The van der Waals surface area contributed by atoms with Gasteiger partial charge in [0.1, 0.15) is 0 Å². The van der Waals surface area contributed by atoms with Gasteiger partial charge in [0, 0.05) is 16.1 Å². The van der Waals surface area contributed by atoms with E-state index in [0.29, 0.717) is 16.3 Å². The Balaban J connectivity index is 1.82. The van der Waals surface area contributed by atoms with Crippen LogP contribution in [0.4, 0.5) is 5.69 Å². The maximum atomic E-state index is 13.1. The summed E-state index contributed by atoms with van der Waals surface area (Å²) in [5.74, 6) is -0.949. The van der Waals surface area contributed by atoms with Gasteiger partial charge in [-0.1, -0.05) is 48.0 Å².